The van der Waals surface area contributed by atoms with E-state index in [-0.39, 0.29) is 5.41 Å². The Morgan fingerprint density at radius 2 is 1.94 bits per heavy atom. The molecule has 0 bridgehead atoms. The van der Waals surface area contributed by atoms with Crippen LogP contribution < -0.4 is 20.1 Å². The third-order valence-corrected chi connectivity index (χ3v) is 11.0. The summed E-state index contributed by atoms with van der Waals surface area (Å²) in [4.78, 5) is 26.8. The molecule has 1 aliphatic heterocycles. The Morgan fingerprint density at radius 3 is 2.71 bits per heavy atom. The molecule has 0 saturated carbocycles. The predicted molar refractivity (Wildman–Crippen MR) is 197 cm³/mol. The van der Waals surface area contributed by atoms with Crippen molar-refractivity contribution >= 4 is 28.7 Å². The minimum atomic E-state index is -1.49. The van der Waals surface area contributed by atoms with Gasteiger partial charge in [0.25, 0.3) is 0 Å². The van der Waals surface area contributed by atoms with E-state index in [1.54, 1.807) is 13.0 Å². The van der Waals surface area contributed by atoms with Crippen LogP contribution in [0.1, 0.15) is 97.5 Å². The van der Waals surface area contributed by atoms with Gasteiger partial charge in [-0.15, -0.1) is 0 Å². The van der Waals surface area contributed by atoms with Crippen LogP contribution in [0, 0.1) is 12.8 Å². The number of carbonyl (C=O) groups excluding carboxylic acids is 2. The summed E-state index contributed by atoms with van der Waals surface area (Å²) >= 11 is 0. The molecule has 1 aliphatic carbocycles. The molecule has 3 N–H and O–H groups in total. The van der Waals surface area contributed by atoms with Crippen LogP contribution in [-0.4, -0.2) is 41.7 Å². The van der Waals surface area contributed by atoms with Crippen molar-refractivity contribution in [3.05, 3.63) is 107 Å². The monoisotopic (exact) mass is 685 g/mol. The highest BCUT2D eigenvalue weighted by Gasteiger charge is 2.41. The first kappa shape index (κ1) is 36.2. The number of allylic oxidation sites excluding steroid dienone is 2. The van der Waals surface area contributed by atoms with E-state index < -0.39 is 29.1 Å². The van der Waals surface area contributed by atoms with Crippen molar-refractivity contribution < 1.29 is 23.3 Å². The Balaban J connectivity index is 1.15. The molecular formula is C40H51N3O5S. The van der Waals surface area contributed by atoms with Gasteiger partial charge in [0, 0.05) is 29.8 Å². The summed E-state index contributed by atoms with van der Waals surface area (Å²) in [6.45, 7) is 8.46. The lowest BCUT2D eigenvalue weighted by atomic mass is 9.69. The Hall–Kier alpha value is -4.11. The molecule has 9 heteroatoms. The van der Waals surface area contributed by atoms with Gasteiger partial charge < -0.3 is 20.1 Å². The Morgan fingerprint density at radius 1 is 1.12 bits per heavy atom. The Labute approximate surface area is 294 Å². The zero-order valence-corrected chi connectivity index (χ0v) is 29.9. The number of benzene rings is 3. The molecule has 262 valence electrons. The molecule has 0 fully saturated rings. The molecule has 0 radical (unpaired) electrons. The van der Waals surface area contributed by atoms with Gasteiger partial charge in [-0.25, -0.2) is 13.7 Å². The minimum Gasteiger partial charge on any atom is -0.490 e. The largest absolute Gasteiger partial charge is 0.490 e. The number of nitrogens with zero attached hydrogens (tertiary/aromatic N) is 1. The molecular weight excluding hydrogens is 635 g/mol. The maximum absolute atomic E-state index is 12.4. The summed E-state index contributed by atoms with van der Waals surface area (Å²) in [6.07, 6.45) is 11.0. The fourth-order valence-corrected chi connectivity index (χ4v) is 7.92. The average molecular weight is 686 g/mol. The molecule has 0 saturated heterocycles. The number of ether oxygens (including phenoxy) is 2. The molecule has 8 nitrogen and oxygen atoms in total. The van der Waals surface area contributed by atoms with E-state index in [0.29, 0.717) is 30.3 Å². The van der Waals surface area contributed by atoms with Crippen molar-refractivity contribution in [1.29, 1.82) is 0 Å². The van der Waals surface area contributed by atoms with Gasteiger partial charge in [0.15, 0.2) is 0 Å². The number of rotatable bonds is 14. The number of carbonyl (C=O) groups is 2. The van der Waals surface area contributed by atoms with Gasteiger partial charge in [0.1, 0.15) is 22.8 Å². The van der Waals surface area contributed by atoms with E-state index >= 15 is 0 Å². The van der Waals surface area contributed by atoms with Gasteiger partial charge >= 0.3 is 6.09 Å². The van der Waals surface area contributed by atoms with Gasteiger partial charge in [0.2, 0.25) is 5.91 Å². The fraction of sp³-hybridized carbons (Fsp3) is 0.450. The molecule has 4 atom stereocenters. The van der Waals surface area contributed by atoms with Crippen LogP contribution >= 0.6 is 0 Å². The molecule has 5 rings (SSSR count). The third kappa shape index (κ3) is 9.53. The second-order valence-corrected chi connectivity index (χ2v) is 14.9. The van der Waals surface area contributed by atoms with Crippen LogP contribution in [-0.2, 0) is 27.6 Å². The molecule has 1 heterocycles. The fourth-order valence-electron chi connectivity index (χ4n) is 7.15. The van der Waals surface area contributed by atoms with E-state index in [9.17, 15) is 13.8 Å². The number of unbranched alkanes of at least 4 members (excludes halogenated alkanes) is 1. The highest BCUT2D eigenvalue weighted by Crippen LogP contribution is 2.44. The molecule has 49 heavy (non-hydrogen) atoms. The lowest BCUT2D eigenvalue weighted by Crippen LogP contribution is -2.46. The van der Waals surface area contributed by atoms with Crippen molar-refractivity contribution in [3.8, 4) is 5.75 Å². The number of hydrogen-bond acceptors (Lipinski definition) is 6. The molecule has 1 spiro atoms. The highest BCUT2D eigenvalue weighted by molar-refractivity contribution is 7.83. The Kier molecular flexibility index (Phi) is 12.6. The van der Waals surface area contributed by atoms with Crippen LogP contribution in [0.3, 0.4) is 0 Å². The number of amides is 2. The van der Waals surface area contributed by atoms with Gasteiger partial charge in [-0.2, -0.15) is 0 Å². The zero-order chi connectivity index (χ0) is 34.8. The van der Waals surface area contributed by atoms with Gasteiger partial charge in [-0.05, 0) is 99.6 Å². The summed E-state index contributed by atoms with van der Waals surface area (Å²) in [5.74, 6) is 1.22. The van der Waals surface area contributed by atoms with Crippen molar-refractivity contribution in [2.45, 2.75) is 83.7 Å². The average Bonchev–Trinajstić information content (AvgIpc) is 3.24. The highest BCUT2D eigenvalue weighted by atomic mass is 32.2. The number of anilines is 1. The molecule has 2 aliphatic rings. The second kappa shape index (κ2) is 17.0. The summed E-state index contributed by atoms with van der Waals surface area (Å²) in [5.41, 5.74) is 12.0. The van der Waals surface area contributed by atoms with Crippen LogP contribution in [0.4, 0.5) is 10.5 Å². The molecule has 0 aromatic heterocycles. The van der Waals surface area contributed by atoms with Crippen LogP contribution in [0.2, 0.25) is 0 Å². The van der Waals surface area contributed by atoms with Gasteiger partial charge in [0.05, 0.1) is 12.3 Å². The first-order valence-electron chi connectivity index (χ1n) is 17.6. The lowest BCUT2D eigenvalue weighted by molar-refractivity contribution is 0.0999. The first-order chi connectivity index (χ1) is 23.7. The number of nitrogens with one attached hydrogen (secondary N) is 1. The van der Waals surface area contributed by atoms with Crippen LogP contribution in [0.5, 0.6) is 5.75 Å². The summed E-state index contributed by atoms with van der Waals surface area (Å²) < 4.78 is 26.8. The zero-order valence-electron chi connectivity index (χ0n) is 29.1. The topological polar surface area (TPSA) is 111 Å². The molecule has 2 amide bonds. The summed E-state index contributed by atoms with van der Waals surface area (Å²) in [7, 11) is -1.49. The molecule has 3 aromatic carbocycles. The van der Waals surface area contributed by atoms with Gasteiger partial charge in [-0.3, -0.25) is 4.79 Å². The number of hydrogen-bond donors (Lipinski definition) is 2. The first-order valence-corrected chi connectivity index (χ1v) is 19.0. The molecule has 0 unspecified atom stereocenters. The third-order valence-electron chi connectivity index (χ3n) is 9.99. The normalized spacial score (nSPS) is 18.9. The number of nitrogens with two attached hydrogens (primary N) is 1. The maximum Gasteiger partial charge on any atom is 0.419 e. The second-order valence-electron chi connectivity index (χ2n) is 13.6. The quantitative estimate of drug-likeness (QED) is 0.132. The van der Waals surface area contributed by atoms with E-state index in [4.69, 9.17) is 15.2 Å². The SMILES string of the molecule is CC[C@@H](C/C=C/CCC[S@@](=O)NC(=O)O[C@@H](C)c1ccccc1)CCN1C[C@@]2(CCCc3cc(C)ccc32)COc2ccc(C(N)=O)cc21. The molecule has 3 aromatic rings. The van der Waals surface area contributed by atoms with Crippen LogP contribution in [0.15, 0.2) is 78.9 Å². The summed E-state index contributed by atoms with van der Waals surface area (Å²) in [5, 5.41) is 0. The van der Waals surface area contributed by atoms with Gasteiger partial charge in [-0.1, -0.05) is 79.6 Å². The van der Waals surface area contributed by atoms with Crippen molar-refractivity contribution in [2.75, 3.05) is 30.3 Å². The minimum absolute atomic E-state index is 0.124. The van der Waals surface area contributed by atoms with E-state index in [1.807, 2.05) is 42.5 Å². The van der Waals surface area contributed by atoms with E-state index in [1.165, 1.54) is 16.7 Å². The van der Waals surface area contributed by atoms with Crippen LogP contribution in [0.25, 0.3) is 0 Å². The number of primary amides is 1. The van der Waals surface area contributed by atoms with Crippen molar-refractivity contribution in [1.82, 2.24) is 4.72 Å². The van der Waals surface area contributed by atoms with E-state index in [0.717, 1.165) is 75.0 Å². The van der Waals surface area contributed by atoms with Crippen molar-refractivity contribution in [3.63, 3.8) is 0 Å². The maximum atomic E-state index is 12.4. The smallest absolute Gasteiger partial charge is 0.419 e. The summed E-state index contributed by atoms with van der Waals surface area (Å²) in [6, 6.07) is 21.9. The number of aryl methyl sites for hydroxylation is 2. The number of fused-ring (bicyclic) bond motifs is 3. The lowest BCUT2D eigenvalue weighted by Gasteiger charge is -2.41. The Bertz CT molecular complexity index is 1640. The predicted octanol–water partition coefficient (Wildman–Crippen LogP) is 7.86. The van der Waals surface area contributed by atoms with Crippen molar-refractivity contribution in [2.24, 2.45) is 11.7 Å². The van der Waals surface area contributed by atoms with E-state index in [2.05, 4.69) is 53.8 Å². The standard InChI is InChI=1S/C40H51N3O5S/c1-4-31(13-8-5-6-11-24-49(46)42-39(45)48-30(3)32-14-9-7-10-15-32)21-23-43-27-40(22-12-16-33-25-29(2)17-19-35(33)40)28-47-37-20-18-34(38(41)44)26-36(37)43/h5,7-10,14-15,17-20,25-26,30-31H,4,6,11-13,16,21-24,27-28H2,1-3H3,(H2,41,44)(H,42,45)/b8-5+/t30-,31-,40-,49+/m0/s1.